The van der Waals surface area contributed by atoms with Crippen molar-refractivity contribution >= 4 is 23.5 Å². The lowest BCUT2D eigenvalue weighted by molar-refractivity contribution is 0.0599. The van der Waals surface area contributed by atoms with Gasteiger partial charge >= 0.3 is 5.97 Å². The topological polar surface area (TPSA) is 103 Å². The van der Waals surface area contributed by atoms with E-state index in [2.05, 4.69) is 26.6 Å². The minimum atomic E-state index is -0.465. The predicted molar refractivity (Wildman–Crippen MR) is 110 cm³/mol. The van der Waals surface area contributed by atoms with Gasteiger partial charge in [-0.05, 0) is 62.2 Å². The van der Waals surface area contributed by atoms with Gasteiger partial charge in [0, 0.05) is 5.69 Å². The van der Waals surface area contributed by atoms with Gasteiger partial charge in [0.15, 0.2) is 5.78 Å². The number of benzene rings is 1. The average Bonchev–Trinajstić information content (AvgIpc) is 3.24. The van der Waals surface area contributed by atoms with Crippen LogP contribution in [0.3, 0.4) is 0 Å². The van der Waals surface area contributed by atoms with E-state index < -0.39 is 11.2 Å². The molecule has 0 aliphatic rings. The summed E-state index contributed by atoms with van der Waals surface area (Å²) in [6.07, 6.45) is 0. The van der Waals surface area contributed by atoms with Gasteiger partial charge in [0.25, 0.3) is 0 Å². The lowest BCUT2D eigenvalue weighted by Gasteiger charge is -2.11. The van der Waals surface area contributed by atoms with Gasteiger partial charge in [-0.3, -0.25) is 4.79 Å². The van der Waals surface area contributed by atoms with Crippen molar-refractivity contribution < 1.29 is 14.3 Å². The van der Waals surface area contributed by atoms with Crippen LogP contribution in [0, 0.1) is 27.7 Å². The summed E-state index contributed by atoms with van der Waals surface area (Å²) in [5.74, 6) is -0.602. The van der Waals surface area contributed by atoms with Crippen molar-refractivity contribution in [1.29, 1.82) is 0 Å². The molecule has 0 saturated heterocycles. The number of nitrogens with one attached hydrogen (secondary N) is 1. The molecule has 1 unspecified atom stereocenters. The molecule has 1 N–H and O–H groups in total. The molecule has 1 atom stereocenters. The Morgan fingerprint density at radius 3 is 2.59 bits per heavy atom. The van der Waals surface area contributed by atoms with Crippen LogP contribution >= 0.6 is 11.8 Å². The quantitative estimate of drug-likeness (QED) is 0.375. The van der Waals surface area contributed by atoms with Gasteiger partial charge in [-0.15, -0.1) is 5.10 Å². The van der Waals surface area contributed by atoms with Gasteiger partial charge in [0.05, 0.1) is 29.3 Å². The highest BCUT2D eigenvalue weighted by Crippen LogP contribution is 2.28. The maximum absolute atomic E-state index is 13.0. The second-order valence-corrected chi connectivity index (χ2v) is 8.21. The molecule has 0 fully saturated rings. The molecular formula is C20H23N5O3S. The van der Waals surface area contributed by atoms with Crippen molar-refractivity contribution in [3.05, 3.63) is 51.8 Å². The summed E-state index contributed by atoms with van der Waals surface area (Å²) in [4.78, 5) is 28.1. The molecule has 1 aromatic carbocycles. The third-order valence-corrected chi connectivity index (χ3v) is 5.78. The number of esters is 1. The summed E-state index contributed by atoms with van der Waals surface area (Å²) in [5, 5.41) is 12.0. The number of aromatic nitrogens is 5. The van der Waals surface area contributed by atoms with Crippen LogP contribution in [0.2, 0.25) is 0 Å². The Kier molecular flexibility index (Phi) is 5.88. The average molecular weight is 414 g/mol. The number of Topliss-reactive ketones (excluding diaryl/α,β-unsaturated/α-hetero) is 1. The van der Waals surface area contributed by atoms with E-state index >= 15 is 0 Å². The zero-order valence-electron chi connectivity index (χ0n) is 17.2. The first-order chi connectivity index (χ1) is 13.7. The second-order valence-electron chi connectivity index (χ2n) is 6.90. The summed E-state index contributed by atoms with van der Waals surface area (Å²) in [7, 11) is 1.32. The molecule has 8 nitrogen and oxygen atoms in total. The number of methoxy groups -OCH3 is 1. The van der Waals surface area contributed by atoms with Gasteiger partial charge in [-0.2, -0.15) is 4.68 Å². The van der Waals surface area contributed by atoms with Crippen molar-refractivity contribution in [1.82, 2.24) is 25.2 Å². The Bertz CT molecular complexity index is 1090. The van der Waals surface area contributed by atoms with Gasteiger partial charge in [0.1, 0.15) is 0 Å². The number of rotatable bonds is 6. The van der Waals surface area contributed by atoms with Crippen LogP contribution in [-0.2, 0) is 4.74 Å². The number of H-pyrrole nitrogens is 1. The van der Waals surface area contributed by atoms with Crippen LogP contribution in [0.5, 0.6) is 0 Å². The van der Waals surface area contributed by atoms with Gasteiger partial charge in [0.2, 0.25) is 5.16 Å². The third kappa shape index (κ3) is 3.95. The molecular weight excluding hydrogens is 390 g/mol. The minimum Gasteiger partial charge on any atom is -0.465 e. The van der Waals surface area contributed by atoms with Crippen molar-refractivity contribution in [3.63, 3.8) is 0 Å². The van der Waals surface area contributed by atoms with Crippen LogP contribution < -0.4 is 0 Å². The van der Waals surface area contributed by atoms with E-state index in [1.54, 1.807) is 25.5 Å². The SMILES string of the molecule is COC(=O)c1c(C)[nH]c(C(=O)C(C)Sc2nnnn2-c2ccc(C)cc2C)c1C. The Labute approximate surface area is 173 Å². The summed E-state index contributed by atoms with van der Waals surface area (Å²) < 4.78 is 6.45. The Balaban J connectivity index is 1.87. The highest BCUT2D eigenvalue weighted by Gasteiger charge is 2.27. The fourth-order valence-corrected chi connectivity index (χ4v) is 4.13. The maximum atomic E-state index is 13.0. The van der Waals surface area contributed by atoms with E-state index in [4.69, 9.17) is 4.74 Å². The molecule has 2 heterocycles. The number of tetrazole rings is 1. The van der Waals surface area contributed by atoms with Crippen LogP contribution in [0.4, 0.5) is 0 Å². The van der Waals surface area contributed by atoms with Crippen LogP contribution in [-0.4, -0.2) is 49.3 Å². The smallest absolute Gasteiger partial charge is 0.339 e. The molecule has 0 spiro atoms. The lowest BCUT2D eigenvalue weighted by atomic mass is 10.1. The number of aryl methyl sites for hydroxylation is 3. The van der Waals surface area contributed by atoms with E-state index in [-0.39, 0.29) is 5.78 Å². The maximum Gasteiger partial charge on any atom is 0.339 e. The lowest BCUT2D eigenvalue weighted by Crippen LogP contribution is -2.16. The van der Waals surface area contributed by atoms with E-state index in [0.717, 1.165) is 16.8 Å². The molecule has 2 aromatic heterocycles. The largest absolute Gasteiger partial charge is 0.465 e. The van der Waals surface area contributed by atoms with Gasteiger partial charge < -0.3 is 9.72 Å². The van der Waals surface area contributed by atoms with E-state index in [1.165, 1.54) is 18.9 Å². The molecule has 29 heavy (non-hydrogen) atoms. The fraction of sp³-hybridized carbons (Fsp3) is 0.350. The fourth-order valence-electron chi connectivity index (χ4n) is 3.27. The number of aromatic amines is 1. The number of carbonyl (C=O) groups excluding carboxylic acids is 2. The van der Waals surface area contributed by atoms with Gasteiger partial charge in [-0.1, -0.05) is 29.5 Å². The van der Waals surface area contributed by atoms with Crippen LogP contribution in [0.25, 0.3) is 5.69 Å². The molecule has 3 aromatic rings. The first kappa shape index (κ1) is 20.8. The summed E-state index contributed by atoms with van der Waals surface area (Å²) in [6.45, 7) is 9.29. The molecule has 9 heteroatoms. The zero-order chi connectivity index (χ0) is 21.3. The summed E-state index contributed by atoms with van der Waals surface area (Å²) in [6, 6.07) is 6.00. The number of carbonyl (C=O) groups is 2. The first-order valence-corrected chi connectivity index (χ1v) is 9.96. The third-order valence-electron chi connectivity index (χ3n) is 4.75. The number of hydrogen-bond acceptors (Lipinski definition) is 7. The molecule has 0 amide bonds. The van der Waals surface area contributed by atoms with E-state index in [0.29, 0.717) is 27.7 Å². The highest BCUT2D eigenvalue weighted by molar-refractivity contribution is 8.00. The zero-order valence-corrected chi connectivity index (χ0v) is 18.0. The number of thioether (sulfide) groups is 1. The minimum absolute atomic E-state index is 0.138. The molecule has 0 bridgehead atoms. The first-order valence-electron chi connectivity index (χ1n) is 9.09. The molecule has 0 radical (unpaired) electrons. The molecule has 0 aliphatic carbocycles. The van der Waals surface area contributed by atoms with Crippen molar-refractivity contribution in [2.24, 2.45) is 0 Å². The van der Waals surface area contributed by atoms with E-state index in [1.807, 2.05) is 26.0 Å². The van der Waals surface area contributed by atoms with E-state index in [9.17, 15) is 9.59 Å². The van der Waals surface area contributed by atoms with Crippen molar-refractivity contribution in [3.8, 4) is 5.69 Å². The van der Waals surface area contributed by atoms with Crippen LogP contribution in [0.1, 0.15) is 50.2 Å². The number of hydrogen-bond donors (Lipinski definition) is 1. The van der Waals surface area contributed by atoms with Crippen LogP contribution in [0.15, 0.2) is 23.4 Å². The van der Waals surface area contributed by atoms with Crippen molar-refractivity contribution in [2.75, 3.05) is 7.11 Å². The molecule has 3 rings (SSSR count). The Morgan fingerprint density at radius 2 is 1.93 bits per heavy atom. The number of nitrogens with zero attached hydrogens (tertiary/aromatic N) is 4. The molecule has 152 valence electrons. The Hall–Kier alpha value is -2.94. The number of ketones is 1. The molecule has 0 aliphatic heterocycles. The number of ether oxygens (including phenoxy) is 1. The summed E-state index contributed by atoms with van der Waals surface area (Å²) in [5.41, 5.74) is 5.03. The monoisotopic (exact) mass is 413 g/mol. The predicted octanol–water partition coefficient (Wildman–Crippen LogP) is 3.37. The standard InChI is InChI=1S/C20H23N5O3S/c1-10-7-8-15(11(2)9-10)25-20(22-23-24-25)29-14(5)18(26)17-12(3)16(13(4)21-17)19(27)28-6/h7-9,14,21H,1-6H3. The molecule has 0 saturated carbocycles. The summed E-state index contributed by atoms with van der Waals surface area (Å²) >= 11 is 1.27. The van der Waals surface area contributed by atoms with Gasteiger partial charge in [-0.25, -0.2) is 4.79 Å². The Morgan fingerprint density at radius 1 is 1.21 bits per heavy atom. The normalized spacial score (nSPS) is 12.1. The van der Waals surface area contributed by atoms with Crippen molar-refractivity contribution in [2.45, 2.75) is 45.0 Å². The second kappa shape index (κ2) is 8.20. The highest BCUT2D eigenvalue weighted by atomic mass is 32.2.